The van der Waals surface area contributed by atoms with Crippen LogP contribution < -0.4 is 15.1 Å². The lowest BCUT2D eigenvalue weighted by Gasteiger charge is -2.26. The van der Waals surface area contributed by atoms with Crippen LogP contribution in [0.5, 0.6) is 5.75 Å². The van der Waals surface area contributed by atoms with E-state index in [2.05, 4.69) is 26.5 Å². The standard InChI is InChI=1S/C17H17BrN4O6/c18-13-9-12(28-17(13)21-5-7-26-8-6-21)10-19-20-16(23)11-27-15-4-2-1-3-14(15)22(24)25/h1-4,9-10H,5-8,11H2,(H,20,23)/b19-10+. The minimum atomic E-state index is -0.577. The number of carbonyl (C=O) groups is 1. The van der Waals surface area contributed by atoms with E-state index in [1.165, 1.54) is 24.4 Å². The minimum absolute atomic E-state index is 0.0109. The van der Waals surface area contributed by atoms with Crippen LogP contribution in [0.3, 0.4) is 0 Å². The summed E-state index contributed by atoms with van der Waals surface area (Å²) in [6, 6.07) is 7.56. The van der Waals surface area contributed by atoms with Crippen LogP contribution in [0.1, 0.15) is 5.76 Å². The second kappa shape index (κ2) is 9.33. The molecular weight excluding hydrogens is 436 g/mol. The number of nitrogens with one attached hydrogen (secondary N) is 1. The number of nitro benzene ring substituents is 1. The highest BCUT2D eigenvalue weighted by Gasteiger charge is 2.18. The van der Waals surface area contributed by atoms with Gasteiger partial charge in [0.25, 0.3) is 5.91 Å². The number of halogens is 1. The van der Waals surface area contributed by atoms with Crippen LogP contribution in [-0.2, 0) is 9.53 Å². The highest BCUT2D eigenvalue weighted by Crippen LogP contribution is 2.30. The van der Waals surface area contributed by atoms with E-state index < -0.39 is 17.4 Å². The van der Waals surface area contributed by atoms with Crippen molar-refractivity contribution in [3.63, 3.8) is 0 Å². The van der Waals surface area contributed by atoms with E-state index in [0.717, 1.165) is 17.6 Å². The topological polar surface area (TPSA) is 119 Å². The SMILES string of the molecule is O=C(COc1ccccc1[N+](=O)[O-])N/N=C/c1cc(Br)c(N2CCOCC2)o1. The number of amides is 1. The number of hydrogen-bond acceptors (Lipinski definition) is 8. The Hall–Kier alpha value is -2.92. The Balaban J connectivity index is 1.52. The van der Waals surface area contributed by atoms with Crippen molar-refractivity contribution in [3.8, 4) is 5.75 Å². The summed E-state index contributed by atoms with van der Waals surface area (Å²) in [5.74, 6) is 0.578. The molecule has 1 aromatic heterocycles. The summed E-state index contributed by atoms with van der Waals surface area (Å²) in [6.07, 6.45) is 1.36. The van der Waals surface area contributed by atoms with Crippen molar-refractivity contribution < 1.29 is 23.6 Å². The number of furan rings is 1. The van der Waals surface area contributed by atoms with Crippen molar-refractivity contribution in [2.45, 2.75) is 0 Å². The van der Waals surface area contributed by atoms with E-state index in [0.29, 0.717) is 24.9 Å². The fraction of sp³-hybridized carbons (Fsp3) is 0.294. The Morgan fingerprint density at radius 3 is 2.89 bits per heavy atom. The number of hydrazone groups is 1. The van der Waals surface area contributed by atoms with Crippen LogP contribution in [-0.4, -0.2) is 50.0 Å². The van der Waals surface area contributed by atoms with E-state index in [1.807, 2.05) is 4.90 Å². The van der Waals surface area contributed by atoms with Crippen molar-refractivity contribution >= 4 is 39.6 Å². The fourth-order valence-corrected chi connectivity index (χ4v) is 3.05. The smallest absolute Gasteiger partial charge is 0.310 e. The number of anilines is 1. The highest BCUT2D eigenvalue weighted by atomic mass is 79.9. The molecule has 1 aliphatic rings. The molecule has 0 saturated carbocycles. The average molecular weight is 453 g/mol. The van der Waals surface area contributed by atoms with E-state index in [1.54, 1.807) is 12.1 Å². The van der Waals surface area contributed by atoms with Gasteiger partial charge >= 0.3 is 5.69 Å². The van der Waals surface area contributed by atoms with Crippen LogP contribution >= 0.6 is 15.9 Å². The summed E-state index contributed by atoms with van der Waals surface area (Å²) in [5, 5.41) is 14.7. The van der Waals surface area contributed by atoms with E-state index in [9.17, 15) is 14.9 Å². The van der Waals surface area contributed by atoms with Gasteiger partial charge in [-0.2, -0.15) is 5.10 Å². The Bertz CT molecular complexity index is 878. The summed E-state index contributed by atoms with van der Waals surface area (Å²) < 4.78 is 17.0. The van der Waals surface area contributed by atoms with Crippen LogP contribution in [0.4, 0.5) is 11.6 Å². The van der Waals surface area contributed by atoms with Crippen LogP contribution in [0, 0.1) is 10.1 Å². The van der Waals surface area contributed by atoms with Gasteiger partial charge in [-0.05, 0) is 22.0 Å². The number of benzene rings is 1. The van der Waals surface area contributed by atoms with E-state index in [4.69, 9.17) is 13.9 Å². The zero-order valence-corrected chi connectivity index (χ0v) is 16.3. The summed E-state index contributed by atoms with van der Waals surface area (Å²) in [5.41, 5.74) is 2.07. The maximum atomic E-state index is 11.8. The number of morpholine rings is 1. The lowest BCUT2D eigenvalue weighted by atomic mass is 10.3. The first-order valence-electron chi connectivity index (χ1n) is 8.35. The first-order valence-corrected chi connectivity index (χ1v) is 9.14. The van der Waals surface area contributed by atoms with Gasteiger partial charge < -0.3 is 18.8 Å². The molecule has 2 heterocycles. The van der Waals surface area contributed by atoms with Gasteiger partial charge in [-0.15, -0.1) is 0 Å². The molecule has 10 nitrogen and oxygen atoms in total. The Kier molecular flexibility index (Phi) is 6.61. The molecule has 0 bridgehead atoms. The van der Waals surface area contributed by atoms with Gasteiger partial charge in [0.2, 0.25) is 5.88 Å². The lowest BCUT2D eigenvalue weighted by molar-refractivity contribution is -0.385. The molecule has 28 heavy (non-hydrogen) atoms. The molecule has 148 valence electrons. The van der Waals surface area contributed by atoms with Crippen molar-refractivity contribution in [2.75, 3.05) is 37.8 Å². The van der Waals surface area contributed by atoms with E-state index >= 15 is 0 Å². The predicted octanol–water partition coefficient (Wildman–Crippen LogP) is 2.32. The molecule has 0 atom stereocenters. The lowest BCUT2D eigenvalue weighted by Crippen LogP contribution is -2.36. The first kappa shape index (κ1) is 19.8. The number of para-hydroxylation sites is 2. The van der Waals surface area contributed by atoms with Gasteiger partial charge in [0.1, 0.15) is 0 Å². The van der Waals surface area contributed by atoms with E-state index in [-0.39, 0.29) is 11.4 Å². The van der Waals surface area contributed by atoms with Crippen LogP contribution in [0.2, 0.25) is 0 Å². The molecule has 1 aromatic carbocycles. The normalized spacial score (nSPS) is 14.2. The average Bonchev–Trinajstić information content (AvgIpc) is 3.07. The maximum Gasteiger partial charge on any atom is 0.310 e. The molecule has 0 radical (unpaired) electrons. The number of nitro groups is 1. The van der Waals surface area contributed by atoms with Gasteiger partial charge in [-0.3, -0.25) is 14.9 Å². The molecule has 0 aliphatic carbocycles. The van der Waals surface area contributed by atoms with Crippen molar-refractivity contribution in [3.05, 3.63) is 50.7 Å². The van der Waals surface area contributed by atoms with Crippen LogP contribution in [0.15, 0.2) is 44.3 Å². The summed E-state index contributed by atoms with van der Waals surface area (Å²) >= 11 is 3.44. The largest absolute Gasteiger partial charge is 0.477 e. The first-order chi connectivity index (χ1) is 13.5. The summed E-state index contributed by atoms with van der Waals surface area (Å²) in [7, 11) is 0. The van der Waals surface area contributed by atoms with Gasteiger partial charge in [0, 0.05) is 25.2 Å². The van der Waals surface area contributed by atoms with Crippen molar-refractivity contribution in [2.24, 2.45) is 5.10 Å². The van der Waals surface area contributed by atoms with Crippen molar-refractivity contribution in [1.82, 2.24) is 5.43 Å². The quantitative estimate of drug-likeness (QED) is 0.388. The number of rotatable bonds is 7. The Morgan fingerprint density at radius 1 is 1.39 bits per heavy atom. The van der Waals surface area contributed by atoms with Gasteiger partial charge in [0.15, 0.2) is 18.1 Å². The maximum absolute atomic E-state index is 11.8. The number of nitrogens with zero attached hydrogens (tertiary/aromatic N) is 3. The van der Waals surface area contributed by atoms with Crippen molar-refractivity contribution in [1.29, 1.82) is 0 Å². The Labute approximate surface area is 168 Å². The third kappa shape index (κ3) is 5.08. The number of ether oxygens (including phenoxy) is 2. The monoisotopic (exact) mass is 452 g/mol. The molecule has 3 rings (SSSR count). The molecule has 0 spiro atoms. The summed E-state index contributed by atoms with van der Waals surface area (Å²) in [4.78, 5) is 24.2. The van der Waals surface area contributed by atoms with Gasteiger partial charge in [-0.25, -0.2) is 5.43 Å². The molecular formula is C17H17BrN4O6. The third-order valence-corrected chi connectivity index (χ3v) is 4.36. The number of carbonyl (C=O) groups excluding carboxylic acids is 1. The molecule has 0 unspecified atom stereocenters. The second-order valence-electron chi connectivity index (χ2n) is 5.71. The predicted molar refractivity (Wildman–Crippen MR) is 104 cm³/mol. The number of hydrogen-bond donors (Lipinski definition) is 1. The molecule has 1 saturated heterocycles. The molecule has 2 aromatic rings. The molecule has 1 N–H and O–H groups in total. The molecule has 11 heteroatoms. The second-order valence-corrected chi connectivity index (χ2v) is 6.56. The van der Waals surface area contributed by atoms with Gasteiger partial charge in [-0.1, -0.05) is 12.1 Å². The molecule has 1 fully saturated rings. The van der Waals surface area contributed by atoms with Gasteiger partial charge in [0.05, 0.1) is 28.8 Å². The summed E-state index contributed by atoms with van der Waals surface area (Å²) in [6.45, 7) is 2.30. The van der Waals surface area contributed by atoms with Crippen LogP contribution in [0.25, 0.3) is 0 Å². The molecule has 1 aliphatic heterocycles. The third-order valence-electron chi connectivity index (χ3n) is 3.79. The highest BCUT2D eigenvalue weighted by molar-refractivity contribution is 9.10. The Morgan fingerprint density at radius 2 is 2.14 bits per heavy atom. The minimum Gasteiger partial charge on any atom is -0.477 e. The zero-order valence-electron chi connectivity index (χ0n) is 14.7. The molecule has 1 amide bonds. The zero-order chi connectivity index (χ0) is 19.9. The fourth-order valence-electron chi connectivity index (χ4n) is 2.50.